The van der Waals surface area contributed by atoms with Gasteiger partial charge in [0.1, 0.15) is 5.82 Å². The fourth-order valence-corrected chi connectivity index (χ4v) is 1.88. The van der Waals surface area contributed by atoms with Crippen LogP contribution in [0.2, 0.25) is 0 Å². The number of rotatable bonds is 5. The molecule has 1 atom stereocenters. The summed E-state index contributed by atoms with van der Waals surface area (Å²) in [6, 6.07) is 6.80. The minimum absolute atomic E-state index is 0.143. The van der Waals surface area contributed by atoms with Crippen molar-refractivity contribution in [3.8, 4) is 0 Å². The van der Waals surface area contributed by atoms with Gasteiger partial charge in [-0.15, -0.1) is 0 Å². The van der Waals surface area contributed by atoms with Gasteiger partial charge in [-0.2, -0.15) is 11.8 Å². The van der Waals surface area contributed by atoms with Gasteiger partial charge >= 0.3 is 0 Å². The standard InChI is InChI=1S/C11H16FNS/c1-14-6-5-11(13)8-9-3-2-4-10(12)7-9/h2-4,7,11H,5-6,8,13H2,1H3. The van der Waals surface area contributed by atoms with Crippen molar-refractivity contribution < 1.29 is 4.39 Å². The van der Waals surface area contributed by atoms with E-state index in [2.05, 4.69) is 6.26 Å². The Morgan fingerprint density at radius 3 is 2.93 bits per heavy atom. The van der Waals surface area contributed by atoms with Crippen molar-refractivity contribution in [3.05, 3.63) is 35.6 Å². The van der Waals surface area contributed by atoms with Crippen molar-refractivity contribution in [3.63, 3.8) is 0 Å². The highest BCUT2D eigenvalue weighted by Gasteiger charge is 2.03. The molecular formula is C11H16FNS. The highest BCUT2D eigenvalue weighted by molar-refractivity contribution is 7.98. The predicted molar refractivity (Wildman–Crippen MR) is 61.1 cm³/mol. The van der Waals surface area contributed by atoms with E-state index in [9.17, 15) is 4.39 Å². The highest BCUT2D eigenvalue weighted by atomic mass is 32.2. The van der Waals surface area contributed by atoms with Gasteiger partial charge in [0.2, 0.25) is 0 Å². The molecular weight excluding hydrogens is 197 g/mol. The highest BCUT2D eigenvalue weighted by Crippen LogP contribution is 2.08. The van der Waals surface area contributed by atoms with Crippen molar-refractivity contribution >= 4 is 11.8 Å². The molecule has 0 radical (unpaired) electrons. The molecule has 0 spiro atoms. The van der Waals surface area contributed by atoms with Crippen molar-refractivity contribution in [1.29, 1.82) is 0 Å². The summed E-state index contributed by atoms with van der Waals surface area (Å²) in [6.45, 7) is 0. The fourth-order valence-electron chi connectivity index (χ4n) is 1.34. The number of hydrogen-bond acceptors (Lipinski definition) is 2. The van der Waals surface area contributed by atoms with Gasteiger partial charge in [-0.3, -0.25) is 0 Å². The molecule has 0 amide bonds. The SMILES string of the molecule is CSCCC(N)Cc1cccc(F)c1. The average Bonchev–Trinajstić information content (AvgIpc) is 2.15. The molecule has 1 aromatic rings. The summed E-state index contributed by atoms with van der Waals surface area (Å²) >= 11 is 1.79. The number of nitrogens with two attached hydrogens (primary N) is 1. The van der Waals surface area contributed by atoms with E-state index in [1.807, 2.05) is 6.07 Å². The minimum Gasteiger partial charge on any atom is -0.327 e. The van der Waals surface area contributed by atoms with E-state index in [4.69, 9.17) is 5.73 Å². The quantitative estimate of drug-likeness (QED) is 0.813. The summed E-state index contributed by atoms with van der Waals surface area (Å²) in [5.74, 6) is 0.885. The third kappa shape index (κ3) is 4.11. The summed E-state index contributed by atoms with van der Waals surface area (Å²) in [5.41, 5.74) is 6.89. The molecule has 0 heterocycles. The molecule has 0 saturated carbocycles. The molecule has 0 fully saturated rings. The lowest BCUT2D eigenvalue weighted by atomic mass is 10.0. The van der Waals surface area contributed by atoms with Gasteiger partial charge in [0.15, 0.2) is 0 Å². The molecule has 0 aliphatic rings. The Morgan fingerprint density at radius 1 is 1.50 bits per heavy atom. The van der Waals surface area contributed by atoms with Gasteiger partial charge in [-0.05, 0) is 42.5 Å². The summed E-state index contributed by atoms with van der Waals surface area (Å²) in [6.07, 6.45) is 3.81. The Hall–Kier alpha value is -0.540. The van der Waals surface area contributed by atoms with Crippen LogP contribution < -0.4 is 5.73 Å². The zero-order valence-corrected chi connectivity index (χ0v) is 9.19. The molecule has 78 valence electrons. The normalized spacial score (nSPS) is 12.8. The van der Waals surface area contributed by atoms with Crippen LogP contribution >= 0.6 is 11.8 Å². The van der Waals surface area contributed by atoms with Crippen LogP contribution in [0, 0.1) is 5.82 Å². The maximum atomic E-state index is 12.8. The number of hydrogen-bond donors (Lipinski definition) is 1. The van der Waals surface area contributed by atoms with Gasteiger partial charge in [-0.25, -0.2) is 4.39 Å². The first-order valence-corrected chi connectivity index (χ1v) is 6.10. The van der Waals surface area contributed by atoms with Crippen LogP contribution in [-0.4, -0.2) is 18.1 Å². The maximum Gasteiger partial charge on any atom is 0.123 e. The first-order valence-electron chi connectivity index (χ1n) is 4.71. The minimum atomic E-state index is -0.181. The Labute approximate surface area is 88.9 Å². The smallest absolute Gasteiger partial charge is 0.123 e. The molecule has 0 aromatic heterocycles. The number of benzene rings is 1. The van der Waals surface area contributed by atoms with Crippen LogP contribution in [0.15, 0.2) is 24.3 Å². The van der Waals surface area contributed by atoms with Crippen molar-refractivity contribution in [1.82, 2.24) is 0 Å². The average molecular weight is 213 g/mol. The second-order valence-corrected chi connectivity index (χ2v) is 4.36. The molecule has 0 bridgehead atoms. The Bertz CT molecular complexity index is 278. The maximum absolute atomic E-state index is 12.8. The molecule has 2 N–H and O–H groups in total. The molecule has 1 aromatic carbocycles. The van der Waals surface area contributed by atoms with E-state index >= 15 is 0 Å². The molecule has 14 heavy (non-hydrogen) atoms. The van der Waals surface area contributed by atoms with Crippen LogP contribution in [-0.2, 0) is 6.42 Å². The lowest BCUT2D eigenvalue weighted by molar-refractivity contribution is 0.616. The molecule has 0 saturated heterocycles. The van der Waals surface area contributed by atoms with Gasteiger partial charge in [0.05, 0.1) is 0 Å². The topological polar surface area (TPSA) is 26.0 Å². The Kier molecular flexibility index (Phi) is 4.98. The predicted octanol–water partition coefficient (Wildman–Crippen LogP) is 2.45. The van der Waals surface area contributed by atoms with Crippen LogP contribution in [0.3, 0.4) is 0 Å². The van der Waals surface area contributed by atoms with Crippen LogP contribution in [0.25, 0.3) is 0 Å². The van der Waals surface area contributed by atoms with Crippen LogP contribution in [0.1, 0.15) is 12.0 Å². The summed E-state index contributed by atoms with van der Waals surface area (Å²) < 4.78 is 12.8. The molecule has 1 rings (SSSR count). The lowest BCUT2D eigenvalue weighted by Gasteiger charge is -2.10. The second-order valence-electron chi connectivity index (χ2n) is 3.38. The Morgan fingerprint density at radius 2 is 2.29 bits per heavy atom. The third-order valence-corrected chi connectivity index (χ3v) is 2.72. The lowest BCUT2D eigenvalue weighted by Crippen LogP contribution is -2.23. The second kappa shape index (κ2) is 6.04. The van der Waals surface area contributed by atoms with Crippen LogP contribution in [0.4, 0.5) is 4.39 Å². The van der Waals surface area contributed by atoms with E-state index in [1.54, 1.807) is 23.9 Å². The zero-order valence-electron chi connectivity index (χ0n) is 8.37. The van der Waals surface area contributed by atoms with Gasteiger partial charge in [0, 0.05) is 6.04 Å². The molecule has 1 nitrogen and oxygen atoms in total. The third-order valence-electron chi connectivity index (χ3n) is 2.08. The van der Waals surface area contributed by atoms with E-state index in [0.29, 0.717) is 0 Å². The van der Waals surface area contributed by atoms with E-state index in [0.717, 1.165) is 24.2 Å². The number of halogens is 1. The van der Waals surface area contributed by atoms with Crippen molar-refractivity contribution in [2.24, 2.45) is 5.73 Å². The van der Waals surface area contributed by atoms with Crippen LogP contribution in [0.5, 0.6) is 0 Å². The first-order chi connectivity index (χ1) is 6.72. The summed E-state index contributed by atoms with van der Waals surface area (Å²) in [5, 5.41) is 0. The first kappa shape index (κ1) is 11.5. The van der Waals surface area contributed by atoms with Gasteiger partial charge in [0.25, 0.3) is 0 Å². The number of thioether (sulfide) groups is 1. The Balaban J connectivity index is 2.43. The largest absolute Gasteiger partial charge is 0.327 e. The summed E-state index contributed by atoms with van der Waals surface area (Å²) in [7, 11) is 0. The van der Waals surface area contributed by atoms with E-state index < -0.39 is 0 Å². The van der Waals surface area contributed by atoms with Gasteiger partial charge < -0.3 is 5.73 Å². The summed E-state index contributed by atoms with van der Waals surface area (Å²) in [4.78, 5) is 0. The van der Waals surface area contributed by atoms with Gasteiger partial charge in [-0.1, -0.05) is 12.1 Å². The molecule has 1 unspecified atom stereocenters. The van der Waals surface area contributed by atoms with Crippen molar-refractivity contribution in [2.45, 2.75) is 18.9 Å². The molecule has 0 aliphatic carbocycles. The molecule has 3 heteroatoms. The monoisotopic (exact) mass is 213 g/mol. The van der Waals surface area contributed by atoms with Crippen molar-refractivity contribution in [2.75, 3.05) is 12.0 Å². The van der Waals surface area contributed by atoms with E-state index in [-0.39, 0.29) is 11.9 Å². The molecule has 0 aliphatic heterocycles. The fraction of sp³-hybridized carbons (Fsp3) is 0.455. The zero-order chi connectivity index (χ0) is 10.4. The van der Waals surface area contributed by atoms with E-state index in [1.165, 1.54) is 6.07 Å².